The first-order valence-corrected chi connectivity index (χ1v) is 12.2. The quantitative estimate of drug-likeness (QED) is 0.456. The minimum absolute atomic E-state index is 0.433. The van der Waals surface area contributed by atoms with Crippen LogP contribution in [0.3, 0.4) is 0 Å². The Balaban J connectivity index is 1.27. The van der Waals surface area contributed by atoms with Gasteiger partial charge in [-0.3, -0.25) is 0 Å². The van der Waals surface area contributed by atoms with E-state index in [0.29, 0.717) is 22.7 Å². The molecule has 0 amide bonds. The Morgan fingerprint density at radius 2 is 1.62 bits per heavy atom. The number of nitrogens with one attached hydrogen (secondary N) is 1. The number of ether oxygens (including phenoxy) is 1. The average Bonchev–Trinajstić information content (AvgIpc) is 2.67. The fourth-order valence-corrected chi connectivity index (χ4v) is 6.98. The van der Waals surface area contributed by atoms with Crippen molar-refractivity contribution in [3.8, 4) is 5.75 Å². The summed E-state index contributed by atoms with van der Waals surface area (Å²) in [6.07, 6.45) is 7.23. The van der Waals surface area contributed by atoms with Crippen LogP contribution in [0.2, 0.25) is 10.0 Å². The molecule has 5 heteroatoms. The highest BCUT2D eigenvalue weighted by Gasteiger charge is 2.47. The van der Waals surface area contributed by atoms with Crippen molar-refractivity contribution in [3.05, 3.63) is 62.0 Å². The molecule has 4 bridgehead atoms. The van der Waals surface area contributed by atoms with Crippen molar-refractivity contribution in [1.29, 1.82) is 0 Å². The number of benzene rings is 2. The van der Waals surface area contributed by atoms with E-state index in [4.69, 9.17) is 27.9 Å². The van der Waals surface area contributed by atoms with Crippen LogP contribution in [0.4, 0.5) is 0 Å². The molecule has 0 atom stereocenters. The van der Waals surface area contributed by atoms with Crippen molar-refractivity contribution in [2.75, 3.05) is 0 Å². The third kappa shape index (κ3) is 4.35. The van der Waals surface area contributed by atoms with Crippen molar-refractivity contribution < 1.29 is 4.74 Å². The third-order valence-electron chi connectivity index (χ3n) is 7.18. The zero-order chi connectivity index (χ0) is 20.0. The van der Waals surface area contributed by atoms with Crippen LogP contribution in [0, 0.1) is 23.7 Å². The molecule has 0 saturated heterocycles. The van der Waals surface area contributed by atoms with Gasteiger partial charge in [0, 0.05) is 38.2 Å². The van der Waals surface area contributed by atoms with Crippen molar-refractivity contribution in [2.45, 2.75) is 51.3 Å². The van der Waals surface area contributed by atoms with Crippen LogP contribution in [0.1, 0.15) is 43.2 Å². The molecule has 29 heavy (non-hydrogen) atoms. The molecule has 0 spiro atoms. The summed E-state index contributed by atoms with van der Waals surface area (Å²) in [6.45, 7) is 1.28. The summed E-state index contributed by atoms with van der Waals surface area (Å²) < 4.78 is 7.25. The maximum absolute atomic E-state index is 6.31. The fourth-order valence-electron chi connectivity index (χ4n) is 6.11. The SMILES string of the molecule is Clc1ccc(COc2ccc(Br)cc2CNC2C3CC4CC(C3)CC2C4)c(Cl)c1. The zero-order valence-corrected chi connectivity index (χ0v) is 19.4. The van der Waals surface area contributed by atoms with Gasteiger partial charge in [-0.05, 0) is 86.1 Å². The van der Waals surface area contributed by atoms with Gasteiger partial charge in [0.2, 0.25) is 0 Å². The molecule has 154 valence electrons. The molecule has 0 heterocycles. The van der Waals surface area contributed by atoms with E-state index in [0.717, 1.165) is 46.0 Å². The predicted octanol–water partition coefficient (Wildman–Crippen LogP) is 7.25. The minimum atomic E-state index is 0.433. The highest BCUT2D eigenvalue weighted by Crippen LogP contribution is 2.53. The summed E-state index contributed by atoms with van der Waals surface area (Å²) in [4.78, 5) is 0. The van der Waals surface area contributed by atoms with E-state index in [1.165, 1.54) is 37.7 Å². The van der Waals surface area contributed by atoms with Crippen molar-refractivity contribution in [2.24, 2.45) is 23.7 Å². The largest absolute Gasteiger partial charge is 0.489 e. The van der Waals surface area contributed by atoms with Gasteiger partial charge in [-0.2, -0.15) is 0 Å². The second kappa shape index (κ2) is 8.42. The Morgan fingerprint density at radius 1 is 0.897 bits per heavy atom. The average molecular weight is 495 g/mol. The van der Waals surface area contributed by atoms with Gasteiger partial charge < -0.3 is 10.1 Å². The summed E-state index contributed by atoms with van der Waals surface area (Å²) in [5.74, 6) is 4.66. The molecular formula is C24H26BrCl2NO. The lowest BCUT2D eigenvalue weighted by Gasteiger charge is -2.54. The highest BCUT2D eigenvalue weighted by molar-refractivity contribution is 9.10. The van der Waals surface area contributed by atoms with Crippen LogP contribution in [0.25, 0.3) is 0 Å². The molecule has 2 aromatic rings. The zero-order valence-electron chi connectivity index (χ0n) is 16.3. The van der Waals surface area contributed by atoms with Gasteiger partial charge in [0.05, 0.1) is 0 Å². The van der Waals surface area contributed by atoms with E-state index in [1.54, 1.807) is 6.07 Å². The Bertz CT molecular complexity index is 874. The second-order valence-corrected chi connectivity index (χ2v) is 10.9. The van der Waals surface area contributed by atoms with Gasteiger partial charge in [-0.1, -0.05) is 45.2 Å². The third-order valence-corrected chi connectivity index (χ3v) is 8.26. The topological polar surface area (TPSA) is 21.3 Å². The number of rotatable bonds is 6. The van der Waals surface area contributed by atoms with Gasteiger partial charge in [-0.25, -0.2) is 0 Å². The van der Waals surface area contributed by atoms with E-state index in [-0.39, 0.29) is 0 Å². The minimum Gasteiger partial charge on any atom is -0.489 e. The van der Waals surface area contributed by atoms with Crippen LogP contribution >= 0.6 is 39.1 Å². The van der Waals surface area contributed by atoms with Gasteiger partial charge in [0.1, 0.15) is 12.4 Å². The summed E-state index contributed by atoms with van der Waals surface area (Å²) in [6, 6.07) is 12.5. The molecule has 0 aromatic heterocycles. The first-order chi connectivity index (χ1) is 14.0. The number of hydrogen-bond acceptors (Lipinski definition) is 2. The van der Waals surface area contributed by atoms with Crippen molar-refractivity contribution >= 4 is 39.1 Å². The second-order valence-electron chi connectivity index (χ2n) is 9.11. The smallest absolute Gasteiger partial charge is 0.124 e. The lowest BCUT2D eigenvalue weighted by atomic mass is 9.54. The van der Waals surface area contributed by atoms with E-state index < -0.39 is 0 Å². The molecule has 0 aliphatic heterocycles. The van der Waals surface area contributed by atoms with E-state index in [2.05, 4.69) is 27.3 Å². The molecule has 6 rings (SSSR count). The Morgan fingerprint density at radius 3 is 2.31 bits per heavy atom. The van der Waals surface area contributed by atoms with Crippen LogP contribution in [-0.4, -0.2) is 6.04 Å². The first kappa shape index (κ1) is 20.2. The van der Waals surface area contributed by atoms with E-state index in [9.17, 15) is 0 Å². The lowest BCUT2D eigenvalue weighted by Crippen LogP contribution is -2.54. The molecule has 4 fully saturated rings. The molecular weight excluding hydrogens is 469 g/mol. The fraction of sp³-hybridized carbons (Fsp3) is 0.500. The molecule has 4 saturated carbocycles. The Kier molecular flexibility index (Phi) is 5.86. The van der Waals surface area contributed by atoms with Crippen molar-refractivity contribution in [3.63, 3.8) is 0 Å². The Hall–Kier alpha value is -0.740. The molecule has 4 aliphatic carbocycles. The molecule has 0 unspecified atom stereocenters. The predicted molar refractivity (Wildman–Crippen MR) is 123 cm³/mol. The molecule has 2 aromatic carbocycles. The summed E-state index contributed by atoms with van der Waals surface area (Å²) in [5, 5.41) is 5.20. The number of halogens is 3. The molecule has 1 N–H and O–H groups in total. The highest BCUT2D eigenvalue weighted by atomic mass is 79.9. The maximum Gasteiger partial charge on any atom is 0.124 e. The van der Waals surface area contributed by atoms with E-state index in [1.807, 2.05) is 24.3 Å². The lowest BCUT2D eigenvalue weighted by molar-refractivity contribution is -0.0143. The first-order valence-electron chi connectivity index (χ1n) is 10.6. The van der Waals surface area contributed by atoms with E-state index >= 15 is 0 Å². The van der Waals surface area contributed by atoms with Crippen molar-refractivity contribution in [1.82, 2.24) is 5.32 Å². The molecule has 2 nitrogen and oxygen atoms in total. The van der Waals surface area contributed by atoms with Gasteiger partial charge in [0.15, 0.2) is 0 Å². The number of hydrogen-bond donors (Lipinski definition) is 1. The van der Waals surface area contributed by atoms with Gasteiger partial charge in [-0.15, -0.1) is 0 Å². The summed E-state index contributed by atoms with van der Waals surface area (Å²) in [7, 11) is 0. The summed E-state index contributed by atoms with van der Waals surface area (Å²) in [5.41, 5.74) is 2.14. The maximum atomic E-state index is 6.31. The normalized spacial score (nSPS) is 30.0. The monoisotopic (exact) mass is 493 g/mol. The summed E-state index contributed by atoms with van der Waals surface area (Å²) >= 11 is 15.9. The van der Waals surface area contributed by atoms with Crippen LogP contribution < -0.4 is 10.1 Å². The standard InChI is InChI=1S/C24H26BrCl2NO/c25-20-2-4-23(29-13-16-1-3-21(26)11-22(16)27)19(10-20)12-28-24-17-6-14-5-15(8-17)9-18(24)7-14/h1-4,10-11,14-15,17-18,24,28H,5-9,12-13H2. The molecule has 0 radical (unpaired) electrons. The van der Waals surface area contributed by atoms with Crippen LogP contribution in [0.5, 0.6) is 5.75 Å². The van der Waals surface area contributed by atoms with Gasteiger partial charge in [0.25, 0.3) is 0 Å². The van der Waals surface area contributed by atoms with Gasteiger partial charge >= 0.3 is 0 Å². The molecule has 4 aliphatic rings. The van der Waals surface area contributed by atoms with Crippen LogP contribution in [-0.2, 0) is 13.2 Å². The Labute approximate surface area is 191 Å². The van der Waals surface area contributed by atoms with Crippen LogP contribution in [0.15, 0.2) is 40.9 Å².